The molecule has 0 saturated heterocycles. The number of quaternary nitrogens is 1. The number of rotatable bonds is 8. The van der Waals surface area contributed by atoms with Crippen molar-refractivity contribution in [3.63, 3.8) is 0 Å². The fraction of sp³-hybridized carbons (Fsp3) is 0.350. The van der Waals surface area contributed by atoms with Gasteiger partial charge in [0.15, 0.2) is 11.5 Å². The number of para-hydroxylation sites is 1. The normalized spacial score (nSPS) is 12.7. The third-order valence-electron chi connectivity index (χ3n) is 4.37. The van der Waals surface area contributed by atoms with Crippen LogP contribution in [0.15, 0.2) is 53.5 Å². The summed E-state index contributed by atoms with van der Waals surface area (Å²) in [6.45, 7) is 7.18. The van der Waals surface area contributed by atoms with Crippen LogP contribution in [-0.4, -0.2) is 38.1 Å². The maximum atomic E-state index is 10.2. The molecule has 2 aromatic rings. The third-order valence-corrected chi connectivity index (χ3v) is 4.37. The van der Waals surface area contributed by atoms with Crippen LogP contribution in [0.25, 0.3) is 0 Å². The van der Waals surface area contributed by atoms with Crippen molar-refractivity contribution in [3.05, 3.63) is 59.7 Å². The number of likely N-dealkylation sites (N-methyl/N-ethyl adjacent to an activating group) is 1. The number of methoxy groups -OCH3 is 1. The SMILES string of the molecule is CC[NH+](CC)[C@@H](CN=Cc1cccc(OC)c1O)c1ccccc1. The van der Waals surface area contributed by atoms with Crippen molar-refractivity contribution in [1.82, 2.24) is 0 Å². The minimum absolute atomic E-state index is 0.134. The van der Waals surface area contributed by atoms with Gasteiger partial charge in [-0.2, -0.15) is 0 Å². The van der Waals surface area contributed by atoms with E-state index in [2.05, 4.69) is 43.1 Å². The van der Waals surface area contributed by atoms with Crippen molar-refractivity contribution in [2.75, 3.05) is 26.7 Å². The zero-order valence-corrected chi connectivity index (χ0v) is 14.7. The van der Waals surface area contributed by atoms with Crippen molar-refractivity contribution >= 4 is 6.21 Å². The van der Waals surface area contributed by atoms with Gasteiger partial charge in [-0.25, -0.2) is 0 Å². The summed E-state index contributed by atoms with van der Waals surface area (Å²) < 4.78 is 5.14. The van der Waals surface area contributed by atoms with Crippen LogP contribution in [0.3, 0.4) is 0 Å². The summed E-state index contributed by atoms with van der Waals surface area (Å²) >= 11 is 0. The topological polar surface area (TPSA) is 46.3 Å². The van der Waals surface area contributed by atoms with Gasteiger partial charge in [-0.05, 0) is 26.0 Å². The summed E-state index contributed by atoms with van der Waals surface area (Å²) in [7, 11) is 1.55. The summed E-state index contributed by atoms with van der Waals surface area (Å²) in [6.07, 6.45) is 1.73. The minimum Gasteiger partial charge on any atom is -0.504 e. The summed E-state index contributed by atoms with van der Waals surface area (Å²) in [5, 5.41) is 10.2. The monoisotopic (exact) mass is 327 g/mol. The Bertz CT molecular complexity index is 652. The van der Waals surface area contributed by atoms with Crippen molar-refractivity contribution < 1.29 is 14.7 Å². The van der Waals surface area contributed by atoms with Gasteiger partial charge in [0.25, 0.3) is 0 Å². The second-order valence-electron chi connectivity index (χ2n) is 5.72. The lowest BCUT2D eigenvalue weighted by atomic mass is 10.1. The molecule has 2 aromatic carbocycles. The van der Waals surface area contributed by atoms with E-state index in [0.717, 1.165) is 13.1 Å². The molecule has 0 saturated carbocycles. The summed E-state index contributed by atoms with van der Waals surface area (Å²) in [6, 6.07) is 16.2. The standard InChI is InChI=1S/C20H26N2O2/c1-4-22(5-2)18(16-10-7-6-8-11-16)15-21-14-17-12-9-13-19(24-3)20(17)23/h6-14,18,23H,4-5,15H2,1-3H3/p+1/t18-/m0/s1. The first kappa shape index (κ1) is 18.0. The maximum Gasteiger partial charge on any atom is 0.166 e. The molecule has 0 fully saturated rings. The van der Waals surface area contributed by atoms with Crippen molar-refractivity contribution in [1.29, 1.82) is 0 Å². The first-order valence-electron chi connectivity index (χ1n) is 8.46. The average molecular weight is 327 g/mol. The molecule has 0 radical (unpaired) electrons. The third kappa shape index (κ3) is 4.36. The highest BCUT2D eigenvalue weighted by molar-refractivity contribution is 5.84. The van der Waals surface area contributed by atoms with Gasteiger partial charge in [0.05, 0.1) is 26.7 Å². The fourth-order valence-corrected chi connectivity index (χ4v) is 2.96. The van der Waals surface area contributed by atoms with Gasteiger partial charge in [-0.1, -0.05) is 36.4 Å². The number of aromatic hydroxyl groups is 1. The van der Waals surface area contributed by atoms with E-state index in [1.54, 1.807) is 19.4 Å². The molecule has 1 atom stereocenters. The molecule has 0 unspecified atom stereocenters. The molecule has 0 amide bonds. The predicted molar refractivity (Wildman–Crippen MR) is 98.3 cm³/mol. The molecule has 2 N–H and O–H groups in total. The molecular weight excluding hydrogens is 300 g/mol. The molecule has 4 heteroatoms. The maximum absolute atomic E-state index is 10.2. The minimum atomic E-state index is 0.134. The Balaban J connectivity index is 2.19. The lowest BCUT2D eigenvalue weighted by Gasteiger charge is -2.25. The first-order chi connectivity index (χ1) is 11.7. The van der Waals surface area contributed by atoms with Crippen molar-refractivity contribution in [2.45, 2.75) is 19.9 Å². The molecular formula is C20H27N2O2+. The largest absolute Gasteiger partial charge is 0.504 e. The Morgan fingerprint density at radius 1 is 1.08 bits per heavy atom. The number of nitrogens with one attached hydrogen (secondary N) is 1. The van der Waals surface area contributed by atoms with Crippen LogP contribution in [-0.2, 0) is 0 Å². The highest BCUT2D eigenvalue weighted by Gasteiger charge is 2.20. The number of benzene rings is 2. The zero-order chi connectivity index (χ0) is 17.4. The van der Waals surface area contributed by atoms with Crippen LogP contribution in [0.1, 0.15) is 31.0 Å². The predicted octanol–water partition coefficient (Wildman–Crippen LogP) is 2.49. The highest BCUT2D eigenvalue weighted by atomic mass is 16.5. The van der Waals surface area contributed by atoms with E-state index >= 15 is 0 Å². The van der Waals surface area contributed by atoms with E-state index in [-0.39, 0.29) is 5.75 Å². The van der Waals surface area contributed by atoms with Gasteiger partial charge >= 0.3 is 0 Å². The van der Waals surface area contributed by atoms with E-state index in [4.69, 9.17) is 4.74 Å². The zero-order valence-electron chi connectivity index (χ0n) is 14.7. The van der Waals surface area contributed by atoms with E-state index in [1.165, 1.54) is 10.5 Å². The smallest absolute Gasteiger partial charge is 0.166 e. The molecule has 0 bridgehead atoms. The number of nitrogens with zero attached hydrogens (tertiary/aromatic N) is 1. The van der Waals surface area contributed by atoms with E-state index < -0.39 is 0 Å². The van der Waals surface area contributed by atoms with Gasteiger partial charge in [0, 0.05) is 17.3 Å². The fourth-order valence-electron chi connectivity index (χ4n) is 2.96. The number of hydrogen-bond donors (Lipinski definition) is 2. The lowest BCUT2D eigenvalue weighted by molar-refractivity contribution is -0.926. The van der Waals surface area contributed by atoms with Crippen LogP contribution >= 0.6 is 0 Å². The summed E-state index contributed by atoms with van der Waals surface area (Å²) in [4.78, 5) is 6.10. The number of hydrogen-bond acceptors (Lipinski definition) is 3. The quantitative estimate of drug-likeness (QED) is 0.732. The Kier molecular flexibility index (Phi) is 6.82. The van der Waals surface area contributed by atoms with Crippen molar-refractivity contribution in [3.8, 4) is 11.5 Å². The van der Waals surface area contributed by atoms with E-state index in [1.807, 2.05) is 18.2 Å². The molecule has 0 spiro atoms. The second-order valence-corrected chi connectivity index (χ2v) is 5.72. The number of phenols is 1. The van der Waals surface area contributed by atoms with E-state index in [9.17, 15) is 5.11 Å². The second kappa shape index (κ2) is 9.08. The van der Waals surface area contributed by atoms with Crippen LogP contribution in [0.4, 0.5) is 0 Å². The van der Waals surface area contributed by atoms with Crippen LogP contribution < -0.4 is 9.64 Å². The van der Waals surface area contributed by atoms with Gasteiger partial charge in [0.1, 0.15) is 6.04 Å². The number of phenolic OH excluding ortho intramolecular Hbond substituents is 1. The van der Waals surface area contributed by atoms with Crippen LogP contribution in [0.5, 0.6) is 11.5 Å². The molecule has 2 rings (SSSR count). The molecule has 0 aliphatic carbocycles. The molecule has 0 aliphatic heterocycles. The number of aliphatic imine (C=N–C) groups is 1. The van der Waals surface area contributed by atoms with Gasteiger partial charge in [-0.3, -0.25) is 4.99 Å². The Morgan fingerprint density at radius 3 is 2.42 bits per heavy atom. The molecule has 4 nitrogen and oxygen atoms in total. The molecule has 0 heterocycles. The van der Waals surface area contributed by atoms with Gasteiger partial charge in [0.2, 0.25) is 0 Å². The summed E-state index contributed by atoms with van der Waals surface area (Å²) in [5.74, 6) is 0.600. The molecule has 0 aromatic heterocycles. The summed E-state index contributed by atoms with van der Waals surface area (Å²) in [5.41, 5.74) is 1.97. The average Bonchev–Trinajstić information content (AvgIpc) is 2.63. The van der Waals surface area contributed by atoms with Crippen LogP contribution in [0.2, 0.25) is 0 Å². The van der Waals surface area contributed by atoms with E-state index in [0.29, 0.717) is 23.9 Å². The van der Waals surface area contributed by atoms with Crippen LogP contribution in [0, 0.1) is 0 Å². The highest BCUT2D eigenvalue weighted by Crippen LogP contribution is 2.28. The molecule has 128 valence electrons. The lowest BCUT2D eigenvalue weighted by Crippen LogP contribution is -3.12. The Labute approximate surface area is 144 Å². The van der Waals surface area contributed by atoms with Crippen molar-refractivity contribution in [2.24, 2.45) is 4.99 Å². The Hall–Kier alpha value is -2.33. The Morgan fingerprint density at radius 2 is 1.79 bits per heavy atom. The molecule has 24 heavy (non-hydrogen) atoms. The van der Waals surface area contributed by atoms with Gasteiger partial charge < -0.3 is 14.7 Å². The molecule has 0 aliphatic rings. The number of ether oxygens (including phenoxy) is 1. The van der Waals surface area contributed by atoms with Gasteiger partial charge in [-0.15, -0.1) is 0 Å². The first-order valence-corrected chi connectivity index (χ1v) is 8.46.